The average molecular weight is 405 g/mol. The van der Waals surface area contributed by atoms with Crippen LogP contribution in [0.15, 0.2) is 40.7 Å². The van der Waals surface area contributed by atoms with Gasteiger partial charge in [-0.2, -0.15) is 0 Å². The normalized spacial score (nSPS) is 16.0. The number of aromatic nitrogens is 1. The second-order valence-electron chi connectivity index (χ2n) is 6.59. The minimum Gasteiger partial charge on any atom is -0.471 e. The summed E-state index contributed by atoms with van der Waals surface area (Å²) in [6.45, 7) is 6.52. The number of carbonyl (C=O) groups is 2. The van der Waals surface area contributed by atoms with E-state index in [1.807, 2.05) is 6.92 Å². The molecule has 0 aromatic carbocycles. The van der Waals surface area contributed by atoms with Crippen LogP contribution in [0.25, 0.3) is 0 Å². The molecule has 1 aromatic rings. The number of carbonyl (C=O) groups excluding carboxylic acids is 2. The predicted octanol–water partition coefficient (Wildman–Crippen LogP) is 3.82. The molecule has 1 aliphatic heterocycles. The molecule has 156 valence electrons. The van der Waals surface area contributed by atoms with Gasteiger partial charge in [-0.05, 0) is 38.5 Å². The van der Waals surface area contributed by atoms with E-state index in [1.165, 1.54) is 12.4 Å². The van der Waals surface area contributed by atoms with Crippen LogP contribution in [0.1, 0.15) is 44.4 Å². The fourth-order valence-electron chi connectivity index (χ4n) is 3.04. The Labute approximate surface area is 169 Å². The summed E-state index contributed by atoms with van der Waals surface area (Å²) < 4.78 is 29.7. The van der Waals surface area contributed by atoms with Gasteiger partial charge in [0.25, 0.3) is 12.3 Å². The predicted molar refractivity (Wildman–Crippen MR) is 106 cm³/mol. The van der Waals surface area contributed by atoms with Crippen molar-refractivity contribution in [2.75, 3.05) is 13.2 Å². The number of Topliss-reactive ketones (excluding diaryl/α,β-unsaturated/α-hetero) is 1. The number of pyridine rings is 1. The summed E-state index contributed by atoms with van der Waals surface area (Å²) in [5, 5.41) is 0. The van der Waals surface area contributed by atoms with Crippen LogP contribution in [0.2, 0.25) is 0 Å². The van der Waals surface area contributed by atoms with Crippen molar-refractivity contribution in [3.63, 3.8) is 0 Å². The topological polar surface area (TPSA) is 71.9 Å². The van der Waals surface area contributed by atoms with Crippen LogP contribution in [0, 0.1) is 6.92 Å². The van der Waals surface area contributed by atoms with E-state index < -0.39 is 13.0 Å². The van der Waals surface area contributed by atoms with E-state index in [4.69, 9.17) is 4.74 Å². The van der Waals surface area contributed by atoms with Crippen molar-refractivity contribution in [1.82, 2.24) is 9.88 Å². The van der Waals surface area contributed by atoms with Crippen molar-refractivity contribution in [2.45, 2.75) is 46.6 Å². The SMILES string of the molecule is CC=N/C=C\C1=C(C(=O)CC)CN(C(C)c2cnc(OCC(F)F)c(C)c2)C1=O. The van der Waals surface area contributed by atoms with E-state index in [0.717, 1.165) is 5.56 Å². The largest absolute Gasteiger partial charge is 0.471 e. The number of amides is 1. The highest BCUT2D eigenvalue weighted by molar-refractivity contribution is 6.11. The second kappa shape index (κ2) is 10.0. The minimum atomic E-state index is -2.58. The van der Waals surface area contributed by atoms with Gasteiger partial charge >= 0.3 is 0 Å². The highest BCUT2D eigenvalue weighted by Crippen LogP contribution is 2.31. The third-order valence-corrected chi connectivity index (χ3v) is 4.63. The number of aryl methyl sites for hydroxylation is 1. The van der Waals surface area contributed by atoms with Crippen molar-refractivity contribution in [3.05, 3.63) is 46.8 Å². The van der Waals surface area contributed by atoms with Crippen LogP contribution in [0.5, 0.6) is 5.88 Å². The first-order chi connectivity index (χ1) is 13.8. The summed E-state index contributed by atoms with van der Waals surface area (Å²) in [6.07, 6.45) is 3.86. The summed E-state index contributed by atoms with van der Waals surface area (Å²) >= 11 is 0. The summed E-state index contributed by atoms with van der Waals surface area (Å²) in [6, 6.07) is 1.39. The standard InChI is InChI=1S/C21H25F2N3O3/c1-5-18(27)17-11-26(21(28)16(17)7-8-24-6-2)14(4)15-9-13(3)20(25-10-15)29-12-19(22)23/h6-10,14,19H,5,11-12H2,1-4H3/b8-7-,24-6?. The number of hydrogen-bond donors (Lipinski definition) is 0. The number of hydrogen-bond acceptors (Lipinski definition) is 5. The van der Waals surface area contributed by atoms with Crippen molar-refractivity contribution < 1.29 is 23.1 Å². The van der Waals surface area contributed by atoms with Crippen molar-refractivity contribution in [2.24, 2.45) is 4.99 Å². The zero-order chi connectivity index (χ0) is 21.6. The lowest BCUT2D eigenvalue weighted by Gasteiger charge is -2.25. The summed E-state index contributed by atoms with van der Waals surface area (Å²) in [5.41, 5.74) is 2.13. The molecule has 0 saturated heterocycles. The number of alkyl halides is 2. The Bertz CT molecular complexity index is 863. The monoisotopic (exact) mass is 405 g/mol. The Kier molecular flexibility index (Phi) is 7.75. The zero-order valence-electron chi connectivity index (χ0n) is 17.0. The molecule has 1 unspecified atom stereocenters. The zero-order valence-corrected chi connectivity index (χ0v) is 17.0. The Morgan fingerprint density at radius 3 is 2.76 bits per heavy atom. The molecule has 0 aliphatic carbocycles. The molecule has 6 nitrogen and oxygen atoms in total. The number of rotatable bonds is 9. The molecule has 0 bridgehead atoms. The molecule has 2 heterocycles. The number of ketones is 1. The van der Waals surface area contributed by atoms with Crippen LogP contribution in [-0.2, 0) is 9.59 Å². The van der Waals surface area contributed by atoms with E-state index in [2.05, 4.69) is 9.98 Å². The number of halogens is 2. The van der Waals surface area contributed by atoms with Gasteiger partial charge in [0.05, 0.1) is 12.6 Å². The maximum Gasteiger partial charge on any atom is 0.272 e. The molecule has 0 spiro atoms. The highest BCUT2D eigenvalue weighted by Gasteiger charge is 2.35. The molecular weight excluding hydrogens is 380 g/mol. The Balaban J connectivity index is 2.25. The molecule has 0 fully saturated rings. The third-order valence-electron chi connectivity index (χ3n) is 4.63. The third kappa shape index (κ3) is 5.34. The molecule has 0 saturated carbocycles. The number of nitrogens with zero attached hydrogens (tertiary/aromatic N) is 3. The fourth-order valence-corrected chi connectivity index (χ4v) is 3.04. The lowest BCUT2D eigenvalue weighted by atomic mass is 10.1. The minimum absolute atomic E-state index is 0.0850. The van der Waals surface area contributed by atoms with Crippen LogP contribution < -0.4 is 4.74 Å². The van der Waals surface area contributed by atoms with E-state index in [-0.39, 0.29) is 30.2 Å². The first-order valence-corrected chi connectivity index (χ1v) is 9.39. The fraction of sp³-hybridized carbons (Fsp3) is 0.429. The quantitative estimate of drug-likeness (QED) is 0.586. The van der Waals surface area contributed by atoms with Crippen LogP contribution in [0.3, 0.4) is 0 Å². The summed E-state index contributed by atoms with van der Waals surface area (Å²) in [5.74, 6) is -0.208. The first kappa shape index (κ1) is 22.4. The maximum absolute atomic E-state index is 13.0. The molecule has 2 rings (SSSR count). The van der Waals surface area contributed by atoms with Crippen molar-refractivity contribution in [1.29, 1.82) is 0 Å². The van der Waals surface area contributed by atoms with Gasteiger partial charge in [-0.3, -0.25) is 14.6 Å². The van der Waals surface area contributed by atoms with E-state index in [9.17, 15) is 18.4 Å². The average Bonchev–Trinajstić information content (AvgIpc) is 3.02. The van der Waals surface area contributed by atoms with Crippen LogP contribution >= 0.6 is 0 Å². The van der Waals surface area contributed by atoms with Gasteiger partial charge in [-0.15, -0.1) is 0 Å². The molecule has 1 aliphatic rings. The maximum atomic E-state index is 13.0. The van der Waals surface area contributed by atoms with E-state index >= 15 is 0 Å². The molecule has 1 amide bonds. The molecular formula is C21H25F2N3O3. The van der Waals surface area contributed by atoms with Crippen molar-refractivity contribution >= 4 is 17.9 Å². The van der Waals surface area contributed by atoms with E-state index in [1.54, 1.807) is 44.0 Å². The molecule has 0 radical (unpaired) electrons. The Morgan fingerprint density at radius 2 is 2.17 bits per heavy atom. The van der Waals surface area contributed by atoms with Gasteiger partial charge in [0, 0.05) is 41.7 Å². The Hall–Kier alpha value is -2.90. The van der Waals surface area contributed by atoms with Gasteiger partial charge in [-0.1, -0.05) is 6.92 Å². The van der Waals surface area contributed by atoms with E-state index in [0.29, 0.717) is 23.1 Å². The lowest BCUT2D eigenvalue weighted by molar-refractivity contribution is -0.127. The summed E-state index contributed by atoms with van der Waals surface area (Å²) in [7, 11) is 0. The lowest BCUT2D eigenvalue weighted by Crippen LogP contribution is -2.30. The summed E-state index contributed by atoms with van der Waals surface area (Å²) in [4.78, 5) is 35.0. The van der Waals surface area contributed by atoms with Gasteiger partial charge in [0.2, 0.25) is 5.88 Å². The Morgan fingerprint density at radius 1 is 1.45 bits per heavy atom. The highest BCUT2D eigenvalue weighted by atomic mass is 19.3. The second-order valence-corrected chi connectivity index (χ2v) is 6.59. The van der Waals surface area contributed by atoms with Crippen molar-refractivity contribution in [3.8, 4) is 5.88 Å². The molecule has 29 heavy (non-hydrogen) atoms. The van der Waals surface area contributed by atoms with Gasteiger partial charge < -0.3 is 9.64 Å². The number of ether oxygens (including phenoxy) is 1. The first-order valence-electron chi connectivity index (χ1n) is 9.39. The van der Waals surface area contributed by atoms with Gasteiger partial charge in [-0.25, -0.2) is 13.8 Å². The molecule has 8 heteroatoms. The molecule has 0 N–H and O–H groups in total. The van der Waals surface area contributed by atoms with Crippen LogP contribution in [0.4, 0.5) is 8.78 Å². The van der Waals surface area contributed by atoms with Gasteiger partial charge in [0.15, 0.2) is 12.4 Å². The molecule has 1 atom stereocenters. The van der Waals surface area contributed by atoms with Crippen LogP contribution in [-0.4, -0.2) is 47.4 Å². The van der Waals surface area contributed by atoms with Gasteiger partial charge in [0.1, 0.15) is 0 Å². The number of aliphatic imine (C=N–C) groups is 1. The smallest absolute Gasteiger partial charge is 0.272 e. The molecule has 1 aromatic heterocycles.